The number of benzene rings is 1. The van der Waals surface area contributed by atoms with Crippen LogP contribution in [0.3, 0.4) is 0 Å². The first-order valence-electron chi connectivity index (χ1n) is 6.25. The lowest BCUT2D eigenvalue weighted by molar-refractivity contribution is -0.387. The molecule has 10 nitrogen and oxygen atoms in total. The number of nitrogens with one attached hydrogen (secondary N) is 1. The van der Waals surface area contributed by atoms with E-state index in [9.17, 15) is 24.5 Å². The van der Waals surface area contributed by atoms with E-state index in [1.807, 2.05) is 0 Å². The van der Waals surface area contributed by atoms with Gasteiger partial charge in [-0.25, -0.2) is 0 Å². The normalized spacial score (nSPS) is 9.96. The topological polar surface area (TPSA) is 156 Å². The highest BCUT2D eigenvalue weighted by molar-refractivity contribution is 7.97. The number of aliphatic carboxylic acids is 1. The van der Waals surface area contributed by atoms with Crippen LogP contribution in [0, 0.1) is 10.1 Å². The van der Waals surface area contributed by atoms with Crippen LogP contribution in [-0.2, 0) is 14.4 Å². The van der Waals surface area contributed by atoms with Crippen LogP contribution >= 0.6 is 11.9 Å². The van der Waals surface area contributed by atoms with E-state index >= 15 is 0 Å². The molecule has 0 aliphatic rings. The average Bonchev–Trinajstić information content (AvgIpc) is 2.51. The molecule has 11 heteroatoms. The zero-order chi connectivity index (χ0) is 17.4. The van der Waals surface area contributed by atoms with Crippen molar-refractivity contribution in [2.75, 3.05) is 19.6 Å². The lowest BCUT2D eigenvalue weighted by atomic mass is 10.3. The minimum atomic E-state index is -1.30. The molecule has 2 amide bonds. The molecule has 23 heavy (non-hydrogen) atoms. The van der Waals surface area contributed by atoms with Gasteiger partial charge in [-0.2, -0.15) is 0 Å². The van der Waals surface area contributed by atoms with E-state index < -0.39 is 35.8 Å². The first kappa shape index (κ1) is 18.4. The number of carbonyl (C=O) groups is 3. The van der Waals surface area contributed by atoms with Crippen molar-refractivity contribution in [1.82, 2.24) is 9.62 Å². The number of nitrogens with zero attached hydrogens (tertiary/aromatic N) is 2. The Morgan fingerprint density at radius 2 is 2.00 bits per heavy atom. The van der Waals surface area contributed by atoms with Crippen molar-refractivity contribution in [3.8, 4) is 0 Å². The summed E-state index contributed by atoms with van der Waals surface area (Å²) in [5, 5.41) is 22.0. The monoisotopic (exact) mass is 342 g/mol. The van der Waals surface area contributed by atoms with Gasteiger partial charge in [-0.1, -0.05) is 12.1 Å². The molecule has 4 N–H and O–H groups in total. The Morgan fingerprint density at radius 1 is 1.35 bits per heavy atom. The van der Waals surface area contributed by atoms with Gasteiger partial charge in [0.15, 0.2) is 0 Å². The second-order valence-electron chi connectivity index (χ2n) is 4.12. The highest BCUT2D eigenvalue weighted by Gasteiger charge is 2.23. The molecule has 1 rings (SSSR count). The fraction of sp³-hybridized carbons (Fsp3) is 0.250. The maximum atomic E-state index is 12.0. The van der Waals surface area contributed by atoms with Gasteiger partial charge in [-0.3, -0.25) is 28.8 Å². The van der Waals surface area contributed by atoms with Crippen molar-refractivity contribution >= 4 is 35.4 Å². The molecule has 0 unspecified atom stereocenters. The molecule has 0 spiro atoms. The van der Waals surface area contributed by atoms with E-state index in [2.05, 4.69) is 5.32 Å². The molecule has 0 radical (unpaired) electrons. The zero-order valence-electron chi connectivity index (χ0n) is 11.8. The van der Waals surface area contributed by atoms with E-state index in [1.54, 1.807) is 0 Å². The van der Waals surface area contributed by atoms with Crippen molar-refractivity contribution in [3.05, 3.63) is 34.4 Å². The van der Waals surface area contributed by atoms with Crippen molar-refractivity contribution < 1.29 is 24.4 Å². The van der Waals surface area contributed by atoms with Gasteiger partial charge in [0.25, 0.3) is 11.6 Å². The van der Waals surface area contributed by atoms with E-state index in [0.717, 1.165) is 4.31 Å². The Labute approximate surface area is 134 Å². The average molecular weight is 342 g/mol. The molecule has 0 heterocycles. The second-order valence-corrected chi connectivity index (χ2v) is 5.18. The number of nitrogens with two attached hydrogens (primary N) is 1. The first-order valence-corrected chi connectivity index (χ1v) is 7.02. The number of nitro groups is 1. The maximum absolute atomic E-state index is 12.0. The molecule has 0 aromatic heterocycles. The van der Waals surface area contributed by atoms with E-state index in [1.165, 1.54) is 24.3 Å². The molecule has 0 aliphatic heterocycles. The number of carboxylic acids is 1. The molecule has 1 aromatic carbocycles. The lowest BCUT2D eigenvalue weighted by Crippen LogP contribution is -2.40. The van der Waals surface area contributed by atoms with Crippen LogP contribution in [0.1, 0.15) is 0 Å². The third-order valence-corrected chi connectivity index (χ3v) is 3.54. The Kier molecular flexibility index (Phi) is 6.96. The van der Waals surface area contributed by atoms with Gasteiger partial charge in [0.1, 0.15) is 11.4 Å². The van der Waals surface area contributed by atoms with Gasteiger partial charge in [-0.15, -0.1) is 0 Å². The quantitative estimate of drug-likeness (QED) is 0.327. The predicted molar refractivity (Wildman–Crippen MR) is 80.4 cm³/mol. The van der Waals surface area contributed by atoms with E-state index in [-0.39, 0.29) is 17.1 Å². The molecule has 0 saturated heterocycles. The first-order chi connectivity index (χ1) is 10.8. The maximum Gasteiger partial charge on any atom is 0.324 e. The van der Waals surface area contributed by atoms with Crippen LogP contribution in [0.5, 0.6) is 0 Å². The summed E-state index contributed by atoms with van der Waals surface area (Å²) in [6, 6.07) is 5.60. The number of amides is 2. The van der Waals surface area contributed by atoms with Crippen LogP contribution in [-0.4, -0.2) is 51.8 Å². The Morgan fingerprint density at radius 3 is 2.57 bits per heavy atom. The molecule has 0 bridgehead atoms. The highest BCUT2D eigenvalue weighted by atomic mass is 32.2. The summed E-state index contributed by atoms with van der Waals surface area (Å²) in [5.41, 5.74) is 4.82. The summed E-state index contributed by atoms with van der Waals surface area (Å²) >= 11 is 0.618. The highest BCUT2D eigenvalue weighted by Crippen LogP contribution is 2.31. The summed E-state index contributed by atoms with van der Waals surface area (Å²) in [5.74, 6) is -2.60. The summed E-state index contributed by atoms with van der Waals surface area (Å²) in [7, 11) is 0. The zero-order valence-corrected chi connectivity index (χ0v) is 12.6. The molecule has 0 fully saturated rings. The van der Waals surface area contributed by atoms with Crippen LogP contribution in [0.2, 0.25) is 0 Å². The SMILES string of the molecule is NCC(=O)NCC(=O)N(CC(=O)O)Sc1ccccc1[N+](=O)[O-]. The number of hydrogen-bond acceptors (Lipinski definition) is 7. The molecule has 0 atom stereocenters. The Bertz CT molecular complexity index is 623. The van der Waals surface area contributed by atoms with Crippen LogP contribution in [0.15, 0.2) is 29.2 Å². The summed E-state index contributed by atoms with van der Waals surface area (Å²) < 4.78 is 0.821. The Hall–Kier alpha value is -2.66. The Balaban J connectivity index is 2.90. The number of carboxylic acid groups (broad SMARTS) is 1. The fourth-order valence-corrected chi connectivity index (χ4v) is 2.39. The molecule has 124 valence electrons. The second kappa shape index (κ2) is 8.70. The molecular weight excluding hydrogens is 328 g/mol. The van der Waals surface area contributed by atoms with Gasteiger partial charge in [-0.05, 0) is 18.0 Å². The molecular formula is C12H14N4O6S. The number of para-hydroxylation sites is 1. The van der Waals surface area contributed by atoms with E-state index in [0.29, 0.717) is 11.9 Å². The number of carbonyl (C=O) groups excluding carboxylic acids is 2. The number of hydrogen-bond donors (Lipinski definition) is 3. The van der Waals surface area contributed by atoms with Crippen molar-refractivity contribution in [2.24, 2.45) is 5.73 Å². The lowest BCUT2D eigenvalue weighted by Gasteiger charge is -2.19. The fourth-order valence-electron chi connectivity index (χ4n) is 1.43. The molecule has 1 aromatic rings. The standard InChI is InChI=1S/C12H14N4O6S/c13-5-10(17)14-6-11(18)15(7-12(19)20)23-9-4-2-1-3-8(9)16(21)22/h1-4H,5-7,13H2,(H,14,17)(H,19,20). The largest absolute Gasteiger partial charge is 0.480 e. The van der Waals surface area contributed by atoms with Crippen LogP contribution in [0.25, 0.3) is 0 Å². The summed E-state index contributed by atoms with van der Waals surface area (Å²) in [4.78, 5) is 44.3. The summed E-state index contributed by atoms with van der Waals surface area (Å²) in [6.07, 6.45) is 0. The van der Waals surface area contributed by atoms with Gasteiger partial charge in [0.05, 0.1) is 18.0 Å². The predicted octanol–water partition coefficient (Wildman–Crippen LogP) is -0.410. The summed E-state index contributed by atoms with van der Waals surface area (Å²) in [6.45, 7) is -1.46. The van der Waals surface area contributed by atoms with Gasteiger partial charge in [0.2, 0.25) is 5.91 Å². The molecule has 0 saturated carbocycles. The third kappa shape index (κ3) is 5.92. The molecule has 0 aliphatic carbocycles. The number of nitro benzene ring substituents is 1. The van der Waals surface area contributed by atoms with Crippen LogP contribution in [0.4, 0.5) is 5.69 Å². The van der Waals surface area contributed by atoms with Crippen molar-refractivity contribution in [1.29, 1.82) is 0 Å². The minimum Gasteiger partial charge on any atom is -0.480 e. The van der Waals surface area contributed by atoms with E-state index in [4.69, 9.17) is 10.8 Å². The van der Waals surface area contributed by atoms with Gasteiger partial charge >= 0.3 is 5.97 Å². The van der Waals surface area contributed by atoms with Crippen LogP contribution < -0.4 is 11.1 Å². The van der Waals surface area contributed by atoms with Gasteiger partial charge in [0, 0.05) is 6.07 Å². The van der Waals surface area contributed by atoms with Gasteiger partial charge < -0.3 is 16.2 Å². The minimum absolute atomic E-state index is 0.109. The van der Waals surface area contributed by atoms with Crippen molar-refractivity contribution in [3.63, 3.8) is 0 Å². The number of rotatable bonds is 8. The third-order valence-electron chi connectivity index (χ3n) is 2.45. The smallest absolute Gasteiger partial charge is 0.324 e. The van der Waals surface area contributed by atoms with Crippen molar-refractivity contribution in [2.45, 2.75) is 4.90 Å².